The Labute approximate surface area is 118 Å². The number of aromatic amines is 1. The van der Waals surface area contributed by atoms with Crippen molar-refractivity contribution in [3.05, 3.63) is 32.9 Å². The number of halogens is 3. The van der Waals surface area contributed by atoms with Crippen molar-refractivity contribution >= 4 is 0 Å². The number of nitrogens with one attached hydrogen (secondary N) is 1. The van der Waals surface area contributed by atoms with Crippen LogP contribution in [0.25, 0.3) is 0 Å². The number of ether oxygens (including phenoxy) is 1. The van der Waals surface area contributed by atoms with Gasteiger partial charge < -0.3 is 4.74 Å². The van der Waals surface area contributed by atoms with Gasteiger partial charge in [0.2, 0.25) is 5.82 Å². The average molecular weight is 306 g/mol. The van der Waals surface area contributed by atoms with Gasteiger partial charge in [-0.05, 0) is 6.42 Å². The van der Waals surface area contributed by atoms with Crippen LogP contribution in [-0.4, -0.2) is 28.0 Å². The molecule has 0 radical (unpaired) electrons. The van der Waals surface area contributed by atoms with Crippen LogP contribution in [0.2, 0.25) is 0 Å². The lowest BCUT2D eigenvalue weighted by atomic mass is 9.83. The maximum absolute atomic E-state index is 14.5. The van der Waals surface area contributed by atoms with Crippen LogP contribution in [0.1, 0.15) is 32.9 Å². The molecule has 1 saturated heterocycles. The first-order valence-corrected chi connectivity index (χ1v) is 6.75. The second-order valence-electron chi connectivity index (χ2n) is 5.24. The lowest BCUT2D eigenvalue weighted by Crippen LogP contribution is -2.37. The van der Waals surface area contributed by atoms with Crippen molar-refractivity contribution in [1.82, 2.24) is 9.55 Å². The van der Waals surface area contributed by atoms with E-state index in [1.165, 1.54) is 0 Å². The van der Waals surface area contributed by atoms with Gasteiger partial charge in [0, 0.05) is 12.3 Å². The molecule has 2 rings (SSSR count). The average Bonchev–Trinajstić information content (AvgIpc) is 2.69. The van der Waals surface area contributed by atoms with Crippen molar-refractivity contribution < 1.29 is 17.9 Å². The summed E-state index contributed by atoms with van der Waals surface area (Å²) in [6, 6.07) is 0. The lowest BCUT2D eigenvalue weighted by molar-refractivity contribution is -0.0984. The molecule has 1 aliphatic rings. The molecular weight excluding hydrogens is 289 g/mol. The maximum Gasteiger partial charge on any atom is 0.330 e. The first-order valence-electron chi connectivity index (χ1n) is 6.75. The summed E-state index contributed by atoms with van der Waals surface area (Å²) in [6.45, 7) is 2.61. The molecular formula is C13H17F3N2O3. The maximum atomic E-state index is 14.5. The quantitative estimate of drug-likeness (QED) is 0.920. The third-order valence-electron chi connectivity index (χ3n) is 4.25. The summed E-state index contributed by atoms with van der Waals surface area (Å²) in [7, 11) is 0. The zero-order valence-electron chi connectivity index (χ0n) is 11.7. The van der Waals surface area contributed by atoms with E-state index in [1.807, 2.05) is 0 Å². The van der Waals surface area contributed by atoms with Gasteiger partial charge in [-0.25, -0.2) is 9.18 Å². The Hall–Kier alpha value is -1.57. The van der Waals surface area contributed by atoms with Gasteiger partial charge in [-0.2, -0.15) is 4.39 Å². The minimum Gasteiger partial charge on any atom is -0.348 e. The molecule has 2 heterocycles. The molecule has 118 valence electrons. The van der Waals surface area contributed by atoms with Crippen molar-refractivity contribution in [1.29, 1.82) is 0 Å². The zero-order valence-corrected chi connectivity index (χ0v) is 11.7. The second-order valence-corrected chi connectivity index (χ2v) is 5.24. The number of alkyl halides is 2. The van der Waals surface area contributed by atoms with Crippen molar-refractivity contribution in [2.45, 2.75) is 44.7 Å². The molecule has 0 spiro atoms. The van der Waals surface area contributed by atoms with E-state index in [-0.39, 0.29) is 6.42 Å². The molecule has 1 aliphatic heterocycles. The smallest absolute Gasteiger partial charge is 0.330 e. The van der Waals surface area contributed by atoms with E-state index in [9.17, 15) is 22.8 Å². The summed E-state index contributed by atoms with van der Waals surface area (Å²) in [5, 5.41) is 0. The van der Waals surface area contributed by atoms with Crippen LogP contribution in [0.3, 0.4) is 0 Å². The molecule has 0 aliphatic carbocycles. The Morgan fingerprint density at radius 3 is 2.71 bits per heavy atom. The highest BCUT2D eigenvalue weighted by atomic mass is 19.1. The molecule has 1 fully saturated rings. The van der Waals surface area contributed by atoms with Crippen LogP contribution in [0, 0.1) is 11.7 Å². The summed E-state index contributed by atoms with van der Waals surface area (Å²) in [5.41, 5.74) is -3.19. The largest absolute Gasteiger partial charge is 0.348 e. The molecule has 0 bridgehead atoms. The summed E-state index contributed by atoms with van der Waals surface area (Å²) < 4.78 is 46.8. The van der Waals surface area contributed by atoms with E-state index in [0.29, 0.717) is 17.2 Å². The van der Waals surface area contributed by atoms with E-state index in [4.69, 9.17) is 4.74 Å². The number of aromatic nitrogens is 2. The molecule has 0 amide bonds. The van der Waals surface area contributed by atoms with Gasteiger partial charge in [0.1, 0.15) is 0 Å². The van der Waals surface area contributed by atoms with Crippen LogP contribution in [0.15, 0.2) is 15.8 Å². The minimum atomic E-state index is -1.61. The van der Waals surface area contributed by atoms with Crippen molar-refractivity contribution in [2.24, 2.45) is 5.92 Å². The summed E-state index contributed by atoms with van der Waals surface area (Å²) in [6.07, 6.45) is -2.03. The van der Waals surface area contributed by atoms with Gasteiger partial charge in [0.05, 0.1) is 18.5 Å². The van der Waals surface area contributed by atoms with Gasteiger partial charge in [-0.1, -0.05) is 13.8 Å². The summed E-state index contributed by atoms with van der Waals surface area (Å²) >= 11 is 0. The Balaban J connectivity index is 2.45. The number of hydrogen-bond donors (Lipinski definition) is 1. The predicted octanol–water partition coefficient (Wildman–Crippen LogP) is 1.69. The highest BCUT2D eigenvalue weighted by Crippen LogP contribution is 2.46. The number of rotatable bonds is 4. The number of hydrogen-bond acceptors (Lipinski definition) is 3. The van der Waals surface area contributed by atoms with Crippen molar-refractivity contribution in [2.75, 3.05) is 6.67 Å². The zero-order chi connectivity index (χ0) is 15.8. The third kappa shape index (κ3) is 2.52. The second kappa shape index (κ2) is 5.67. The normalized spacial score (nSPS) is 32.5. The van der Waals surface area contributed by atoms with Gasteiger partial charge in [0.15, 0.2) is 12.4 Å². The van der Waals surface area contributed by atoms with E-state index in [1.54, 1.807) is 18.8 Å². The van der Waals surface area contributed by atoms with Crippen LogP contribution in [-0.2, 0) is 4.74 Å². The molecule has 1 N–H and O–H groups in total. The summed E-state index contributed by atoms with van der Waals surface area (Å²) in [4.78, 5) is 24.5. The molecule has 8 heteroatoms. The highest BCUT2D eigenvalue weighted by Gasteiger charge is 2.52. The fraction of sp³-hybridized carbons (Fsp3) is 0.692. The van der Waals surface area contributed by atoms with Crippen LogP contribution >= 0.6 is 0 Å². The van der Waals surface area contributed by atoms with Gasteiger partial charge >= 0.3 is 5.69 Å². The summed E-state index contributed by atoms with van der Waals surface area (Å²) in [5.74, 6) is -1.87. The van der Waals surface area contributed by atoms with Crippen molar-refractivity contribution in [3.63, 3.8) is 0 Å². The molecule has 0 unspecified atom stereocenters. The van der Waals surface area contributed by atoms with Crippen LogP contribution < -0.4 is 11.2 Å². The lowest BCUT2D eigenvalue weighted by Gasteiger charge is -2.30. The molecule has 0 aromatic carbocycles. The first kappa shape index (κ1) is 15.8. The minimum absolute atomic E-state index is 0.0117. The fourth-order valence-electron chi connectivity index (χ4n) is 2.84. The van der Waals surface area contributed by atoms with Gasteiger partial charge in [-0.3, -0.25) is 18.7 Å². The van der Waals surface area contributed by atoms with Crippen molar-refractivity contribution in [3.8, 4) is 0 Å². The molecule has 4 atom stereocenters. The van der Waals surface area contributed by atoms with Crippen LogP contribution in [0.4, 0.5) is 13.2 Å². The van der Waals surface area contributed by atoms with E-state index in [0.717, 1.165) is 0 Å². The van der Waals surface area contributed by atoms with E-state index in [2.05, 4.69) is 0 Å². The molecule has 1 aromatic rings. The standard InChI is InChI=1S/C13H17F3N2O3/c1-3-13(4-5-14)7(2)9(16)11(21-13)18-6-8(15)10(19)17-12(18)20/h6-7,9,11H,3-5H2,1-2H3,(H,17,19,20)/t7-,9-,11+,13-/m0/s1. The highest BCUT2D eigenvalue weighted by molar-refractivity contribution is 5.00. The SMILES string of the molecule is CC[C@@]1(CCF)O[C@@H](n2cc(F)c(=O)[nH]c2=O)[C@@H](F)[C@@H]1C. The number of nitrogens with zero attached hydrogens (tertiary/aromatic N) is 1. The van der Waals surface area contributed by atoms with Crippen LogP contribution in [0.5, 0.6) is 0 Å². The predicted molar refractivity (Wildman–Crippen MR) is 69.1 cm³/mol. The Kier molecular flexibility index (Phi) is 4.27. The van der Waals surface area contributed by atoms with E-state index < -0.39 is 47.7 Å². The fourth-order valence-corrected chi connectivity index (χ4v) is 2.84. The first-order chi connectivity index (χ1) is 9.86. The Morgan fingerprint density at radius 1 is 1.48 bits per heavy atom. The van der Waals surface area contributed by atoms with Gasteiger partial charge in [0.25, 0.3) is 5.56 Å². The monoisotopic (exact) mass is 306 g/mol. The Bertz CT molecular complexity index is 630. The molecule has 5 nitrogen and oxygen atoms in total. The number of H-pyrrole nitrogens is 1. The van der Waals surface area contributed by atoms with Gasteiger partial charge in [-0.15, -0.1) is 0 Å². The topological polar surface area (TPSA) is 64.1 Å². The Morgan fingerprint density at radius 2 is 2.14 bits per heavy atom. The molecule has 0 saturated carbocycles. The van der Waals surface area contributed by atoms with E-state index >= 15 is 0 Å². The molecule has 21 heavy (non-hydrogen) atoms. The third-order valence-corrected chi connectivity index (χ3v) is 4.25. The molecule has 1 aromatic heterocycles.